The van der Waals surface area contributed by atoms with Gasteiger partial charge in [-0.05, 0) is 35.9 Å². The number of fused-ring (bicyclic) bond motifs is 1. The van der Waals surface area contributed by atoms with E-state index in [4.69, 9.17) is 9.47 Å². The van der Waals surface area contributed by atoms with Crippen LogP contribution < -0.4 is 9.80 Å². The lowest BCUT2D eigenvalue weighted by Crippen LogP contribution is -2.45. The zero-order chi connectivity index (χ0) is 21.0. The summed E-state index contributed by atoms with van der Waals surface area (Å²) in [5.74, 6) is -0.266. The van der Waals surface area contributed by atoms with Gasteiger partial charge in [0.05, 0.1) is 38.8 Å². The molecule has 1 amide bonds. The van der Waals surface area contributed by atoms with Crippen LogP contribution in [0.5, 0.6) is 0 Å². The van der Waals surface area contributed by atoms with E-state index in [9.17, 15) is 4.79 Å². The van der Waals surface area contributed by atoms with Crippen molar-refractivity contribution >= 4 is 29.2 Å². The summed E-state index contributed by atoms with van der Waals surface area (Å²) in [4.78, 5) is 24.4. The van der Waals surface area contributed by atoms with Crippen LogP contribution in [0.2, 0.25) is 0 Å². The zero-order valence-electron chi connectivity index (χ0n) is 17.7. The van der Waals surface area contributed by atoms with Crippen LogP contribution in [0.4, 0.5) is 17.1 Å². The number of aliphatic imine (C=N–C) groups is 1. The summed E-state index contributed by atoms with van der Waals surface area (Å²) in [7, 11) is 0. The largest absolute Gasteiger partial charge is 0.379 e. The molecular weight excluding hydrogens is 392 g/mol. The lowest BCUT2D eigenvalue weighted by Gasteiger charge is -2.31. The number of carbonyl (C=O) groups is 1. The summed E-state index contributed by atoms with van der Waals surface area (Å²) in [5.41, 5.74) is 4.04. The molecule has 31 heavy (non-hydrogen) atoms. The van der Waals surface area contributed by atoms with Crippen molar-refractivity contribution in [3.63, 3.8) is 0 Å². The molecule has 2 saturated heterocycles. The molecule has 0 saturated carbocycles. The van der Waals surface area contributed by atoms with Gasteiger partial charge >= 0.3 is 0 Å². The number of nitrogens with zero attached hydrogens (tertiary/aromatic N) is 4. The zero-order valence-corrected chi connectivity index (χ0v) is 17.7. The third-order valence-electron chi connectivity index (χ3n) is 6.14. The van der Waals surface area contributed by atoms with Crippen LogP contribution in [0.25, 0.3) is 0 Å². The Morgan fingerprint density at radius 1 is 0.903 bits per heavy atom. The minimum Gasteiger partial charge on any atom is -0.379 e. The Kier molecular flexibility index (Phi) is 5.97. The first-order valence-corrected chi connectivity index (χ1v) is 11.0. The fourth-order valence-corrected chi connectivity index (χ4v) is 4.38. The van der Waals surface area contributed by atoms with E-state index in [1.54, 1.807) is 6.21 Å². The highest BCUT2D eigenvalue weighted by molar-refractivity contribution is 6.14. The fourth-order valence-electron chi connectivity index (χ4n) is 4.38. The number of hydrogen-bond acceptors (Lipinski definition) is 6. The highest BCUT2D eigenvalue weighted by Crippen LogP contribution is 2.36. The van der Waals surface area contributed by atoms with Gasteiger partial charge in [-0.2, -0.15) is 0 Å². The van der Waals surface area contributed by atoms with E-state index in [0.717, 1.165) is 69.5 Å². The Hall–Kier alpha value is -2.74. The minimum atomic E-state index is -0.351. The Bertz CT molecular complexity index is 934. The van der Waals surface area contributed by atoms with Gasteiger partial charge in [0.2, 0.25) is 5.91 Å². The number of carbonyl (C=O) groups excluding carboxylic acids is 1. The van der Waals surface area contributed by atoms with Gasteiger partial charge in [-0.1, -0.05) is 18.2 Å². The number of benzene rings is 2. The molecule has 0 spiro atoms. The SMILES string of the molecule is O=C1C(C=Nc2ccc(N3CCOCC3)cc2)c2ccccc2N1CN1CCOCC1. The monoisotopic (exact) mass is 420 g/mol. The van der Waals surface area contributed by atoms with E-state index >= 15 is 0 Å². The Morgan fingerprint density at radius 2 is 1.58 bits per heavy atom. The quantitative estimate of drug-likeness (QED) is 0.696. The Morgan fingerprint density at radius 3 is 2.32 bits per heavy atom. The molecule has 0 aromatic heterocycles. The second-order valence-corrected chi connectivity index (χ2v) is 8.07. The van der Waals surface area contributed by atoms with E-state index in [1.165, 1.54) is 5.69 Å². The van der Waals surface area contributed by atoms with Gasteiger partial charge in [-0.15, -0.1) is 0 Å². The van der Waals surface area contributed by atoms with Gasteiger partial charge in [-0.3, -0.25) is 19.6 Å². The fraction of sp³-hybridized carbons (Fsp3) is 0.417. The van der Waals surface area contributed by atoms with Gasteiger partial charge in [0.1, 0.15) is 5.92 Å². The molecule has 2 fully saturated rings. The molecule has 1 atom stereocenters. The maximum atomic E-state index is 13.3. The molecule has 7 nitrogen and oxygen atoms in total. The number of anilines is 2. The smallest absolute Gasteiger partial charge is 0.241 e. The van der Waals surface area contributed by atoms with Crippen molar-refractivity contribution in [3.8, 4) is 0 Å². The van der Waals surface area contributed by atoms with Crippen LogP contribution in [0.3, 0.4) is 0 Å². The normalized spacial score (nSPS) is 22.3. The molecule has 2 aromatic carbocycles. The third kappa shape index (κ3) is 4.35. The van der Waals surface area contributed by atoms with E-state index < -0.39 is 0 Å². The van der Waals surface area contributed by atoms with Crippen molar-refractivity contribution in [2.24, 2.45) is 4.99 Å². The van der Waals surface area contributed by atoms with E-state index in [1.807, 2.05) is 41.3 Å². The molecule has 0 bridgehead atoms. The van der Waals surface area contributed by atoms with Crippen molar-refractivity contribution in [2.75, 3.05) is 69.1 Å². The summed E-state index contributed by atoms with van der Waals surface area (Å²) >= 11 is 0. The predicted octanol–water partition coefficient (Wildman–Crippen LogP) is 2.65. The van der Waals surface area contributed by atoms with Gasteiger partial charge in [0.15, 0.2) is 0 Å². The topological polar surface area (TPSA) is 57.6 Å². The second kappa shape index (κ2) is 9.18. The lowest BCUT2D eigenvalue weighted by atomic mass is 10.0. The Labute approximate surface area is 182 Å². The maximum Gasteiger partial charge on any atom is 0.241 e. The second-order valence-electron chi connectivity index (χ2n) is 8.07. The average Bonchev–Trinajstić information content (AvgIpc) is 3.10. The minimum absolute atomic E-state index is 0.0846. The van der Waals surface area contributed by atoms with E-state index in [2.05, 4.69) is 26.9 Å². The predicted molar refractivity (Wildman–Crippen MR) is 122 cm³/mol. The molecule has 3 aliphatic heterocycles. The van der Waals surface area contributed by atoms with Crippen molar-refractivity contribution in [3.05, 3.63) is 54.1 Å². The number of amides is 1. The van der Waals surface area contributed by atoms with Crippen LogP contribution in [-0.4, -0.2) is 76.3 Å². The van der Waals surface area contributed by atoms with Crippen LogP contribution in [0, 0.1) is 0 Å². The van der Waals surface area contributed by atoms with Gasteiger partial charge < -0.3 is 14.4 Å². The highest BCUT2D eigenvalue weighted by atomic mass is 16.5. The Balaban J connectivity index is 1.31. The van der Waals surface area contributed by atoms with Gasteiger partial charge in [0.25, 0.3) is 0 Å². The highest BCUT2D eigenvalue weighted by Gasteiger charge is 2.36. The standard InChI is InChI=1S/C24H28N4O3/c29-24-22(17-25-19-5-7-20(8-6-19)27-11-15-31-16-12-27)21-3-1-2-4-23(21)28(24)18-26-9-13-30-14-10-26/h1-8,17,22H,9-16,18H2. The molecule has 0 radical (unpaired) electrons. The molecule has 3 aliphatic rings. The van der Waals surface area contributed by atoms with Crippen LogP contribution in [-0.2, 0) is 14.3 Å². The summed E-state index contributed by atoms with van der Waals surface area (Å²) in [6, 6.07) is 16.2. The van der Waals surface area contributed by atoms with Crippen LogP contribution in [0.15, 0.2) is 53.5 Å². The van der Waals surface area contributed by atoms with Crippen LogP contribution >= 0.6 is 0 Å². The number of rotatable bonds is 5. The lowest BCUT2D eigenvalue weighted by molar-refractivity contribution is -0.118. The van der Waals surface area contributed by atoms with E-state index in [-0.39, 0.29) is 11.8 Å². The first-order chi connectivity index (χ1) is 15.3. The molecule has 0 N–H and O–H groups in total. The number of hydrogen-bond donors (Lipinski definition) is 0. The molecule has 5 rings (SSSR count). The summed E-state index contributed by atoms with van der Waals surface area (Å²) < 4.78 is 10.9. The molecule has 2 aromatic rings. The van der Waals surface area contributed by atoms with Gasteiger partial charge in [0, 0.05) is 43.8 Å². The summed E-state index contributed by atoms with van der Waals surface area (Å²) in [6.45, 7) is 7.08. The van der Waals surface area contributed by atoms with Crippen molar-refractivity contribution < 1.29 is 14.3 Å². The molecular formula is C24H28N4O3. The van der Waals surface area contributed by atoms with Crippen molar-refractivity contribution in [1.82, 2.24) is 4.90 Å². The first kappa shape index (κ1) is 20.2. The molecule has 3 heterocycles. The number of ether oxygens (including phenoxy) is 2. The average molecular weight is 421 g/mol. The molecule has 7 heteroatoms. The summed E-state index contributed by atoms with van der Waals surface area (Å²) in [6.07, 6.45) is 1.80. The summed E-state index contributed by atoms with van der Waals surface area (Å²) in [5, 5.41) is 0. The molecule has 1 unspecified atom stereocenters. The number of para-hydroxylation sites is 1. The molecule has 0 aliphatic carbocycles. The number of morpholine rings is 2. The van der Waals surface area contributed by atoms with Gasteiger partial charge in [-0.25, -0.2) is 0 Å². The van der Waals surface area contributed by atoms with E-state index in [0.29, 0.717) is 6.67 Å². The first-order valence-electron chi connectivity index (χ1n) is 11.0. The van der Waals surface area contributed by atoms with Crippen molar-refractivity contribution in [1.29, 1.82) is 0 Å². The maximum absolute atomic E-state index is 13.3. The van der Waals surface area contributed by atoms with Crippen molar-refractivity contribution in [2.45, 2.75) is 5.92 Å². The third-order valence-corrected chi connectivity index (χ3v) is 6.14. The van der Waals surface area contributed by atoms with Crippen LogP contribution in [0.1, 0.15) is 11.5 Å². The molecule has 162 valence electrons.